The van der Waals surface area contributed by atoms with E-state index in [0.29, 0.717) is 18.8 Å². The second-order valence-corrected chi connectivity index (χ2v) is 3.20. The van der Waals surface area contributed by atoms with E-state index in [-0.39, 0.29) is 5.91 Å². The zero-order valence-electron chi connectivity index (χ0n) is 7.33. The van der Waals surface area contributed by atoms with Crippen LogP contribution in [0.5, 0.6) is 0 Å². The number of nitrogens with zero attached hydrogens (tertiary/aromatic N) is 1. The quantitative estimate of drug-likeness (QED) is 0.643. The molecule has 0 aromatic carbocycles. The summed E-state index contributed by atoms with van der Waals surface area (Å²) >= 11 is 0. The Labute approximate surface area is 75.5 Å². The molecule has 0 aliphatic carbocycles. The zero-order valence-corrected chi connectivity index (χ0v) is 7.33. The summed E-state index contributed by atoms with van der Waals surface area (Å²) in [5.74, 6) is 0.0491. The number of H-pyrrole nitrogens is 1. The van der Waals surface area contributed by atoms with Crippen LogP contribution in [0.1, 0.15) is 28.5 Å². The smallest absolute Gasteiger partial charge is 0.220 e. The molecule has 0 spiro atoms. The number of fused-ring (bicyclic) bond motifs is 1. The molecule has 0 atom stereocenters. The van der Waals surface area contributed by atoms with Crippen molar-refractivity contribution >= 4 is 12.2 Å². The van der Waals surface area contributed by atoms with Crippen molar-refractivity contribution in [2.45, 2.75) is 20.0 Å². The number of hydrogen-bond acceptors (Lipinski definition) is 2. The number of aromatic amines is 1. The third kappa shape index (κ3) is 1.14. The molecule has 0 bridgehead atoms. The van der Waals surface area contributed by atoms with Gasteiger partial charge in [-0.3, -0.25) is 9.59 Å². The molecule has 1 N–H and O–H groups in total. The van der Waals surface area contributed by atoms with Crippen LogP contribution < -0.4 is 0 Å². The van der Waals surface area contributed by atoms with Gasteiger partial charge in [0, 0.05) is 31.8 Å². The number of aromatic nitrogens is 1. The van der Waals surface area contributed by atoms with Crippen molar-refractivity contribution in [3.63, 3.8) is 0 Å². The van der Waals surface area contributed by atoms with Gasteiger partial charge in [0.15, 0.2) is 6.29 Å². The Balaban J connectivity index is 2.30. The van der Waals surface area contributed by atoms with Crippen LogP contribution in [0.4, 0.5) is 0 Å². The first-order chi connectivity index (χ1) is 6.22. The van der Waals surface area contributed by atoms with Crippen molar-refractivity contribution in [2.75, 3.05) is 0 Å². The number of nitrogens with one attached hydrogen (secondary N) is 1. The molecular weight excluding hydrogens is 168 g/mol. The highest BCUT2D eigenvalue weighted by Gasteiger charge is 2.24. The first-order valence-corrected chi connectivity index (χ1v) is 4.12. The second-order valence-electron chi connectivity index (χ2n) is 3.20. The fraction of sp³-hybridized carbons (Fsp3) is 0.333. The number of amides is 1. The van der Waals surface area contributed by atoms with E-state index in [1.54, 1.807) is 11.1 Å². The Hall–Kier alpha value is -1.58. The number of aldehydes is 1. The monoisotopic (exact) mass is 178 g/mol. The molecule has 1 aromatic heterocycles. The topological polar surface area (TPSA) is 53.2 Å². The van der Waals surface area contributed by atoms with Gasteiger partial charge in [0.05, 0.1) is 5.69 Å². The number of hydrogen-bond donors (Lipinski definition) is 1. The van der Waals surface area contributed by atoms with Crippen molar-refractivity contribution in [1.82, 2.24) is 9.88 Å². The lowest BCUT2D eigenvalue weighted by Crippen LogP contribution is -2.22. The van der Waals surface area contributed by atoms with Gasteiger partial charge in [-0.1, -0.05) is 0 Å². The van der Waals surface area contributed by atoms with Crippen LogP contribution in [0.2, 0.25) is 0 Å². The summed E-state index contributed by atoms with van der Waals surface area (Å²) in [6.45, 7) is 2.72. The van der Waals surface area contributed by atoms with Gasteiger partial charge < -0.3 is 9.88 Å². The van der Waals surface area contributed by atoms with E-state index in [9.17, 15) is 9.59 Å². The van der Waals surface area contributed by atoms with Gasteiger partial charge in [0.25, 0.3) is 0 Å². The van der Waals surface area contributed by atoms with Crippen molar-refractivity contribution in [2.24, 2.45) is 0 Å². The van der Waals surface area contributed by atoms with E-state index in [0.717, 1.165) is 17.4 Å². The average Bonchev–Trinajstić information content (AvgIpc) is 2.60. The average molecular weight is 178 g/mol. The molecular formula is C9H10N2O2. The van der Waals surface area contributed by atoms with Crippen LogP contribution in [0.3, 0.4) is 0 Å². The molecule has 0 fully saturated rings. The third-order valence-corrected chi connectivity index (χ3v) is 2.39. The Morgan fingerprint density at radius 2 is 2.38 bits per heavy atom. The summed E-state index contributed by atoms with van der Waals surface area (Å²) in [6, 6.07) is 0. The highest BCUT2D eigenvalue weighted by atomic mass is 16.2. The van der Waals surface area contributed by atoms with Gasteiger partial charge in [0.1, 0.15) is 0 Å². The summed E-state index contributed by atoms with van der Waals surface area (Å²) in [7, 11) is 0. The standard InChI is InChI=1S/C9H10N2O2/c1-6(13)11-3-7-2-10-9(5-12)8(7)4-11/h2,5,10H,3-4H2,1H3. The Bertz CT molecular complexity index is 368. The highest BCUT2D eigenvalue weighted by Crippen LogP contribution is 2.24. The van der Waals surface area contributed by atoms with Crippen molar-refractivity contribution in [1.29, 1.82) is 0 Å². The Morgan fingerprint density at radius 3 is 3.00 bits per heavy atom. The van der Waals surface area contributed by atoms with Crippen molar-refractivity contribution in [3.05, 3.63) is 23.0 Å². The SMILES string of the molecule is CC(=O)N1Cc2c[nH]c(C=O)c2C1. The maximum atomic E-state index is 11.0. The second kappa shape index (κ2) is 2.73. The lowest BCUT2D eigenvalue weighted by Gasteiger charge is -2.11. The molecule has 0 radical (unpaired) electrons. The van der Waals surface area contributed by atoms with Gasteiger partial charge in [-0.2, -0.15) is 0 Å². The lowest BCUT2D eigenvalue weighted by atomic mass is 10.2. The summed E-state index contributed by atoms with van der Waals surface area (Å²) in [5, 5.41) is 0. The minimum Gasteiger partial charge on any atom is -0.358 e. The molecule has 68 valence electrons. The zero-order chi connectivity index (χ0) is 9.42. The first kappa shape index (κ1) is 8.04. The maximum absolute atomic E-state index is 11.0. The molecule has 2 heterocycles. The van der Waals surface area contributed by atoms with Crippen LogP contribution in [0.15, 0.2) is 6.20 Å². The molecule has 13 heavy (non-hydrogen) atoms. The Kier molecular flexibility index (Phi) is 1.69. The molecule has 0 saturated carbocycles. The van der Waals surface area contributed by atoms with E-state index in [2.05, 4.69) is 4.98 Å². The van der Waals surface area contributed by atoms with Crippen LogP contribution in [0, 0.1) is 0 Å². The number of carbonyl (C=O) groups is 2. The van der Waals surface area contributed by atoms with E-state index in [1.165, 1.54) is 6.92 Å². The molecule has 0 unspecified atom stereocenters. The first-order valence-electron chi connectivity index (χ1n) is 4.12. The molecule has 1 amide bonds. The van der Waals surface area contributed by atoms with Gasteiger partial charge in [-0.05, 0) is 5.56 Å². The van der Waals surface area contributed by atoms with Crippen LogP contribution in [-0.2, 0) is 17.9 Å². The van der Waals surface area contributed by atoms with Gasteiger partial charge in [0.2, 0.25) is 5.91 Å². The van der Waals surface area contributed by atoms with E-state index in [4.69, 9.17) is 0 Å². The minimum atomic E-state index is 0.0491. The fourth-order valence-electron chi connectivity index (χ4n) is 1.62. The van der Waals surface area contributed by atoms with Gasteiger partial charge in [-0.25, -0.2) is 0 Å². The number of rotatable bonds is 1. The summed E-state index contributed by atoms with van der Waals surface area (Å²) in [6.07, 6.45) is 2.59. The van der Waals surface area contributed by atoms with Crippen LogP contribution in [-0.4, -0.2) is 22.1 Å². The predicted molar refractivity (Wildman–Crippen MR) is 46.1 cm³/mol. The fourth-order valence-corrected chi connectivity index (χ4v) is 1.62. The number of carbonyl (C=O) groups excluding carboxylic acids is 2. The third-order valence-electron chi connectivity index (χ3n) is 2.39. The molecule has 1 aliphatic rings. The molecule has 4 nitrogen and oxygen atoms in total. The van der Waals surface area contributed by atoms with Crippen LogP contribution >= 0.6 is 0 Å². The largest absolute Gasteiger partial charge is 0.358 e. The van der Waals surface area contributed by atoms with Crippen molar-refractivity contribution < 1.29 is 9.59 Å². The van der Waals surface area contributed by atoms with E-state index < -0.39 is 0 Å². The van der Waals surface area contributed by atoms with Crippen LogP contribution in [0.25, 0.3) is 0 Å². The molecule has 2 rings (SSSR count). The molecule has 4 heteroatoms. The molecule has 0 saturated heterocycles. The normalized spacial score (nSPS) is 14.4. The summed E-state index contributed by atoms with van der Waals surface area (Å²) in [4.78, 5) is 26.2. The predicted octanol–water partition coefficient (Wildman–Crippen LogP) is 0.689. The lowest BCUT2D eigenvalue weighted by molar-refractivity contribution is -0.129. The molecule has 1 aromatic rings. The molecule has 1 aliphatic heterocycles. The highest BCUT2D eigenvalue weighted by molar-refractivity contribution is 5.78. The van der Waals surface area contributed by atoms with Crippen molar-refractivity contribution in [3.8, 4) is 0 Å². The minimum absolute atomic E-state index is 0.0491. The summed E-state index contributed by atoms with van der Waals surface area (Å²) < 4.78 is 0. The summed E-state index contributed by atoms with van der Waals surface area (Å²) in [5.41, 5.74) is 2.61. The van der Waals surface area contributed by atoms with E-state index in [1.807, 2.05) is 0 Å². The van der Waals surface area contributed by atoms with Gasteiger partial charge in [-0.15, -0.1) is 0 Å². The van der Waals surface area contributed by atoms with Gasteiger partial charge >= 0.3 is 0 Å². The Morgan fingerprint density at radius 1 is 1.62 bits per heavy atom. The maximum Gasteiger partial charge on any atom is 0.220 e. The van der Waals surface area contributed by atoms with E-state index >= 15 is 0 Å².